The quantitative estimate of drug-likeness (QED) is 0.304. The van der Waals surface area contributed by atoms with Crippen molar-refractivity contribution in [1.82, 2.24) is 3.97 Å². The lowest BCUT2D eigenvalue weighted by Gasteiger charge is -2.13. The van der Waals surface area contributed by atoms with Gasteiger partial charge in [-0.3, -0.25) is 0 Å². The molecule has 4 aromatic rings. The van der Waals surface area contributed by atoms with Gasteiger partial charge in [0.25, 0.3) is 10.0 Å². The van der Waals surface area contributed by atoms with Crippen LogP contribution >= 0.6 is 0 Å². The summed E-state index contributed by atoms with van der Waals surface area (Å²) in [5, 5.41) is 0. The van der Waals surface area contributed by atoms with Crippen molar-refractivity contribution in [3.05, 3.63) is 95.7 Å². The van der Waals surface area contributed by atoms with E-state index in [4.69, 9.17) is 9.47 Å². The van der Waals surface area contributed by atoms with Crippen LogP contribution in [0.15, 0.2) is 83.9 Å². The summed E-state index contributed by atoms with van der Waals surface area (Å²) in [5.41, 5.74) is 5.10. The smallest absolute Gasteiger partial charge is 0.338 e. The van der Waals surface area contributed by atoms with Crippen molar-refractivity contribution >= 4 is 16.0 Å². The van der Waals surface area contributed by atoms with E-state index in [0.717, 1.165) is 22.3 Å². The van der Waals surface area contributed by atoms with Crippen LogP contribution in [-0.2, 0) is 14.8 Å². The number of hydrogen-bond donors (Lipinski definition) is 0. The second-order valence-electron chi connectivity index (χ2n) is 8.21. The lowest BCUT2D eigenvalue weighted by atomic mass is 10.0. The van der Waals surface area contributed by atoms with Crippen LogP contribution in [0, 0.1) is 13.8 Å². The van der Waals surface area contributed by atoms with Gasteiger partial charge in [-0.05, 0) is 80.4 Å². The molecule has 0 atom stereocenters. The Hall–Kier alpha value is -3.84. The van der Waals surface area contributed by atoms with Gasteiger partial charge in [0, 0.05) is 17.3 Å². The molecule has 35 heavy (non-hydrogen) atoms. The molecule has 0 saturated heterocycles. The molecule has 0 aliphatic carbocycles. The number of benzene rings is 3. The second kappa shape index (κ2) is 9.80. The van der Waals surface area contributed by atoms with Gasteiger partial charge in [0.1, 0.15) is 5.75 Å². The van der Waals surface area contributed by atoms with Crippen LogP contribution in [0.5, 0.6) is 5.75 Å². The normalized spacial score (nSPS) is 11.3. The van der Waals surface area contributed by atoms with Gasteiger partial charge in [-0.2, -0.15) is 0 Å². The van der Waals surface area contributed by atoms with Gasteiger partial charge in [-0.25, -0.2) is 17.2 Å². The lowest BCUT2D eigenvalue weighted by molar-refractivity contribution is 0.0526. The maximum Gasteiger partial charge on any atom is 0.338 e. The van der Waals surface area contributed by atoms with E-state index in [0.29, 0.717) is 29.2 Å². The van der Waals surface area contributed by atoms with Crippen LogP contribution in [0.3, 0.4) is 0 Å². The molecule has 0 unspecified atom stereocenters. The van der Waals surface area contributed by atoms with Crippen molar-refractivity contribution in [2.45, 2.75) is 25.7 Å². The topological polar surface area (TPSA) is 74.6 Å². The number of methoxy groups -OCH3 is 1. The van der Waals surface area contributed by atoms with Gasteiger partial charge in [0.2, 0.25) is 0 Å². The van der Waals surface area contributed by atoms with Gasteiger partial charge in [0.15, 0.2) is 0 Å². The van der Waals surface area contributed by atoms with Gasteiger partial charge in [-0.15, -0.1) is 0 Å². The van der Waals surface area contributed by atoms with Crippen LogP contribution < -0.4 is 4.74 Å². The molecule has 6 nitrogen and oxygen atoms in total. The highest BCUT2D eigenvalue weighted by Crippen LogP contribution is 2.34. The molecule has 4 rings (SSSR count). The number of nitrogens with zero attached hydrogens (tertiary/aromatic N) is 1. The summed E-state index contributed by atoms with van der Waals surface area (Å²) in [6.45, 7) is 5.88. The standard InChI is InChI=1S/C28H27NO5S/c1-5-34-28(30)22-10-8-21(9-11-22)23-17-27(26-15-12-24(33-4)16-20(26)3)29(18-23)35(31,32)25-13-6-19(2)7-14-25/h6-18H,5H2,1-4H3. The number of rotatable bonds is 7. The zero-order valence-electron chi connectivity index (χ0n) is 20.1. The molecular formula is C28H27NO5S. The lowest BCUT2D eigenvalue weighted by Crippen LogP contribution is -2.13. The average molecular weight is 490 g/mol. The summed E-state index contributed by atoms with van der Waals surface area (Å²) >= 11 is 0. The summed E-state index contributed by atoms with van der Waals surface area (Å²) in [6.07, 6.45) is 1.62. The van der Waals surface area contributed by atoms with E-state index < -0.39 is 16.0 Å². The van der Waals surface area contributed by atoms with Crippen LogP contribution in [0.2, 0.25) is 0 Å². The molecule has 1 aromatic heterocycles. The summed E-state index contributed by atoms with van der Waals surface area (Å²) in [4.78, 5) is 12.2. The van der Waals surface area contributed by atoms with Gasteiger partial charge in [0.05, 0.1) is 29.9 Å². The fraction of sp³-hybridized carbons (Fsp3) is 0.179. The van der Waals surface area contributed by atoms with E-state index in [1.807, 2.05) is 38.1 Å². The highest BCUT2D eigenvalue weighted by molar-refractivity contribution is 7.90. The SMILES string of the molecule is CCOC(=O)c1ccc(-c2cc(-c3ccc(OC)cc3C)n(S(=O)(=O)c3ccc(C)cc3)c2)cc1. The molecule has 0 bridgehead atoms. The number of aryl methyl sites for hydroxylation is 2. The summed E-state index contributed by atoms with van der Waals surface area (Å²) in [7, 11) is -2.28. The van der Waals surface area contributed by atoms with Crippen LogP contribution in [0.4, 0.5) is 0 Å². The van der Waals surface area contributed by atoms with Crippen molar-refractivity contribution in [2.75, 3.05) is 13.7 Å². The van der Waals surface area contributed by atoms with Crippen molar-refractivity contribution in [3.63, 3.8) is 0 Å². The molecule has 0 spiro atoms. The molecule has 7 heteroatoms. The van der Waals surface area contributed by atoms with Crippen LogP contribution in [-0.4, -0.2) is 32.1 Å². The van der Waals surface area contributed by atoms with Crippen molar-refractivity contribution in [3.8, 4) is 28.1 Å². The monoisotopic (exact) mass is 489 g/mol. The highest BCUT2D eigenvalue weighted by atomic mass is 32.2. The van der Waals surface area contributed by atoms with Gasteiger partial charge in [-0.1, -0.05) is 29.8 Å². The molecule has 1 heterocycles. The van der Waals surface area contributed by atoms with E-state index in [1.165, 1.54) is 3.97 Å². The van der Waals surface area contributed by atoms with Crippen molar-refractivity contribution in [1.29, 1.82) is 0 Å². The Bertz CT molecular complexity index is 1470. The number of carbonyl (C=O) groups is 1. The first kappa shape index (κ1) is 24.3. The number of hydrogen-bond acceptors (Lipinski definition) is 5. The summed E-state index contributed by atoms with van der Waals surface area (Å²) in [5.74, 6) is 0.300. The molecule has 0 radical (unpaired) electrons. The first-order chi connectivity index (χ1) is 16.7. The fourth-order valence-electron chi connectivity index (χ4n) is 3.88. The third kappa shape index (κ3) is 4.86. The Morgan fingerprint density at radius 3 is 2.17 bits per heavy atom. The average Bonchev–Trinajstić information content (AvgIpc) is 3.30. The molecule has 0 saturated carbocycles. The maximum atomic E-state index is 13.7. The maximum absolute atomic E-state index is 13.7. The predicted octanol–water partition coefficient (Wildman–Crippen LogP) is 5.86. The number of aromatic nitrogens is 1. The zero-order chi connectivity index (χ0) is 25.2. The molecule has 0 N–H and O–H groups in total. The summed E-state index contributed by atoms with van der Waals surface area (Å²) < 4.78 is 39.1. The Morgan fingerprint density at radius 1 is 0.886 bits per heavy atom. The molecule has 0 amide bonds. The zero-order valence-corrected chi connectivity index (χ0v) is 20.9. The Balaban J connectivity index is 1.87. The molecule has 3 aromatic carbocycles. The van der Waals surface area contributed by atoms with Gasteiger partial charge >= 0.3 is 5.97 Å². The fourth-order valence-corrected chi connectivity index (χ4v) is 5.25. The van der Waals surface area contributed by atoms with E-state index in [-0.39, 0.29) is 4.90 Å². The number of esters is 1. The number of ether oxygens (including phenoxy) is 2. The van der Waals surface area contributed by atoms with E-state index in [9.17, 15) is 13.2 Å². The van der Waals surface area contributed by atoms with Gasteiger partial charge < -0.3 is 9.47 Å². The Kier molecular flexibility index (Phi) is 6.80. The first-order valence-electron chi connectivity index (χ1n) is 11.2. The highest BCUT2D eigenvalue weighted by Gasteiger charge is 2.23. The Morgan fingerprint density at radius 2 is 1.57 bits per heavy atom. The minimum atomic E-state index is -3.87. The van der Waals surface area contributed by atoms with E-state index in [2.05, 4.69) is 0 Å². The second-order valence-corrected chi connectivity index (χ2v) is 10.0. The predicted molar refractivity (Wildman–Crippen MR) is 136 cm³/mol. The van der Waals surface area contributed by atoms with E-state index >= 15 is 0 Å². The van der Waals surface area contributed by atoms with Crippen molar-refractivity contribution < 1.29 is 22.7 Å². The molecule has 0 aliphatic heterocycles. The third-order valence-electron chi connectivity index (χ3n) is 5.80. The first-order valence-corrected chi connectivity index (χ1v) is 12.7. The molecule has 0 aliphatic rings. The van der Waals surface area contributed by atoms with E-state index in [1.54, 1.807) is 68.8 Å². The molecule has 180 valence electrons. The molecule has 0 fully saturated rings. The Labute approximate surface area is 205 Å². The largest absolute Gasteiger partial charge is 0.497 e. The van der Waals surface area contributed by atoms with Crippen LogP contribution in [0.25, 0.3) is 22.4 Å². The summed E-state index contributed by atoms with van der Waals surface area (Å²) in [6, 6.07) is 21.1. The van der Waals surface area contributed by atoms with Crippen molar-refractivity contribution in [2.24, 2.45) is 0 Å². The minimum absolute atomic E-state index is 0.204. The van der Waals surface area contributed by atoms with Crippen LogP contribution in [0.1, 0.15) is 28.4 Å². The number of carbonyl (C=O) groups excluding carboxylic acids is 1. The molecular weight excluding hydrogens is 462 g/mol. The minimum Gasteiger partial charge on any atom is -0.497 e. The third-order valence-corrected chi connectivity index (χ3v) is 7.49.